The van der Waals surface area contributed by atoms with Gasteiger partial charge in [0.2, 0.25) is 10.0 Å². The van der Waals surface area contributed by atoms with Crippen molar-refractivity contribution in [2.45, 2.75) is 13.3 Å². The van der Waals surface area contributed by atoms with Crippen LogP contribution < -0.4 is 9.62 Å². The van der Waals surface area contributed by atoms with Crippen LogP contribution in [-0.4, -0.2) is 34.2 Å². The van der Waals surface area contributed by atoms with Gasteiger partial charge in [-0.15, -0.1) is 0 Å². The molecule has 2 aromatic carbocycles. The molecule has 1 amide bonds. The van der Waals surface area contributed by atoms with Gasteiger partial charge in [0.1, 0.15) is 0 Å². The first-order valence-electron chi connectivity index (χ1n) is 7.65. The number of aryl methyl sites for hydroxylation is 1. The minimum absolute atomic E-state index is 0.214. The van der Waals surface area contributed by atoms with E-state index >= 15 is 0 Å². The third-order valence-electron chi connectivity index (χ3n) is 3.85. The molecule has 128 valence electrons. The van der Waals surface area contributed by atoms with Gasteiger partial charge in [-0.25, -0.2) is 8.42 Å². The Morgan fingerprint density at radius 2 is 1.79 bits per heavy atom. The maximum Gasteiger partial charge on any atom is 0.251 e. The van der Waals surface area contributed by atoms with E-state index in [-0.39, 0.29) is 5.91 Å². The molecule has 0 unspecified atom stereocenters. The molecule has 0 radical (unpaired) electrons. The van der Waals surface area contributed by atoms with Crippen molar-refractivity contribution in [2.75, 3.05) is 24.2 Å². The van der Waals surface area contributed by atoms with Crippen molar-refractivity contribution in [3.05, 3.63) is 65.2 Å². The Balaban J connectivity index is 2.07. The quantitative estimate of drug-likeness (QED) is 0.873. The molecule has 0 spiro atoms. The standard InChI is InChI=1S/C18H22N2O3S/c1-14-9-10-16(13-17(14)20(2)24(3,22)23)18(21)19-12-11-15-7-5-4-6-8-15/h4-10,13H,11-12H2,1-3H3,(H,19,21). The molecule has 0 heterocycles. The lowest BCUT2D eigenvalue weighted by molar-refractivity contribution is 0.0954. The van der Waals surface area contributed by atoms with Crippen LogP contribution in [-0.2, 0) is 16.4 Å². The Hall–Kier alpha value is -2.34. The Labute approximate surface area is 143 Å². The topological polar surface area (TPSA) is 66.5 Å². The smallest absolute Gasteiger partial charge is 0.251 e. The van der Waals surface area contributed by atoms with E-state index in [9.17, 15) is 13.2 Å². The van der Waals surface area contributed by atoms with E-state index in [1.165, 1.54) is 11.4 Å². The fourth-order valence-corrected chi connectivity index (χ4v) is 2.89. The average Bonchev–Trinajstić information content (AvgIpc) is 2.54. The SMILES string of the molecule is Cc1ccc(C(=O)NCCc2ccccc2)cc1N(C)S(C)(=O)=O. The summed E-state index contributed by atoms with van der Waals surface area (Å²) in [6.45, 7) is 2.34. The zero-order valence-corrected chi connectivity index (χ0v) is 14.9. The summed E-state index contributed by atoms with van der Waals surface area (Å²) in [5, 5.41) is 2.86. The Morgan fingerprint density at radius 1 is 1.12 bits per heavy atom. The summed E-state index contributed by atoms with van der Waals surface area (Å²) in [4.78, 5) is 12.3. The zero-order valence-electron chi connectivity index (χ0n) is 14.1. The van der Waals surface area contributed by atoms with Gasteiger partial charge in [0.25, 0.3) is 5.91 Å². The lowest BCUT2D eigenvalue weighted by Crippen LogP contribution is -2.28. The maximum atomic E-state index is 12.3. The summed E-state index contributed by atoms with van der Waals surface area (Å²) in [6.07, 6.45) is 1.88. The largest absolute Gasteiger partial charge is 0.352 e. The summed E-state index contributed by atoms with van der Waals surface area (Å²) in [6, 6.07) is 15.0. The van der Waals surface area contributed by atoms with Crippen molar-refractivity contribution in [1.82, 2.24) is 5.32 Å². The van der Waals surface area contributed by atoms with Gasteiger partial charge in [0, 0.05) is 19.2 Å². The minimum Gasteiger partial charge on any atom is -0.352 e. The lowest BCUT2D eigenvalue weighted by Gasteiger charge is -2.19. The first-order chi connectivity index (χ1) is 11.3. The molecule has 0 aliphatic heterocycles. The highest BCUT2D eigenvalue weighted by Crippen LogP contribution is 2.22. The Bertz CT molecular complexity index is 817. The van der Waals surface area contributed by atoms with E-state index in [2.05, 4.69) is 5.32 Å². The van der Waals surface area contributed by atoms with Crippen LogP contribution in [0.5, 0.6) is 0 Å². The van der Waals surface area contributed by atoms with Crippen molar-refractivity contribution >= 4 is 21.6 Å². The van der Waals surface area contributed by atoms with Crippen molar-refractivity contribution in [3.8, 4) is 0 Å². The first kappa shape index (κ1) is 18.0. The predicted molar refractivity (Wildman–Crippen MR) is 96.9 cm³/mol. The molecule has 1 N–H and O–H groups in total. The molecule has 0 bridgehead atoms. The summed E-state index contributed by atoms with van der Waals surface area (Å²) in [5.41, 5.74) is 2.90. The number of carbonyl (C=O) groups is 1. The van der Waals surface area contributed by atoms with Gasteiger partial charge in [0.15, 0.2) is 0 Å². The number of hydrogen-bond acceptors (Lipinski definition) is 3. The monoisotopic (exact) mass is 346 g/mol. The van der Waals surface area contributed by atoms with E-state index in [0.29, 0.717) is 17.8 Å². The van der Waals surface area contributed by atoms with E-state index < -0.39 is 10.0 Å². The summed E-state index contributed by atoms with van der Waals surface area (Å²) < 4.78 is 24.6. The van der Waals surface area contributed by atoms with Crippen LogP contribution in [0.1, 0.15) is 21.5 Å². The van der Waals surface area contributed by atoms with E-state index in [1.54, 1.807) is 18.2 Å². The highest BCUT2D eigenvalue weighted by atomic mass is 32.2. The van der Waals surface area contributed by atoms with E-state index in [4.69, 9.17) is 0 Å². The number of nitrogens with zero attached hydrogens (tertiary/aromatic N) is 1. The molecule has 0 atom stereocenters. The van der Waals surface area contributed by atoms with Crippen LogP contribution in [0, 0.1) is 6.92 Å². The van der Waals surface area contributed by atoms with Crippen LogP contribution in [0.4, 0.5) is 5.69 Å². The molecule has 5 nitrogen and oxygen atoms in total. The normalized spacial score (nSPS) is 11.1. The molecule has 0 aliphatic carbocycles. The number of hydrogen-bond donors (Lipinski definition) is 1. The molecule has 0 fully saturated rings. The third-order valence-corrected chi connectivity index (χ3v) is 5.04. The summed E-state index contributed by atoms with van der Waals surface area (Å²) >= 11 is 0. The first-order valence-corrected chi connectivity index (χ1v) is 9.50. The average molecular weight is 346 g/mol. The molecule has 0 aliphatic rings. The van der Waals surface area contributed by atoms with E-state index in [0.717, 1.165) is 23.8 Å². The number of sulfonamides is 1. The van der Waals surface area contributed by atoms with Crippen molar-refractivity contribution in [2.24, 2.45) is 0 Å². The molecule has 0 saturated heterocycles. The van der Waals surface area contributed by atoms with Crippen LogP contribution in [0.2, 0.25) is 0 Å². The van der Waals surface area contributed by atoms with E-state index in [1.807, 2.05) is 37.3 Å². The minimum atomic E-state index is -3.37. The van der Waals surface area contributed by atoms with Crippen LogP contribution >= 0.6 is 0 Å². The summed E-state index contributed by atoms with van der Waals surface area (Å²) in [5.74, 6) is -0.214. The van der Waals surface area contributed by atoms with Crippen LogP contribution in [0.25, 0.3) is 0 Å². The highest BCUT2D eigenvalue weighted by molar-refractivity contribution is 7.92. The van der Waals surface area contributed by atoms with Gasteiger partial charge in [0.05, 0.1) is 11.9 Å². The van der Waals surface area contributed by atoms with Crippen molar-refractivity contribution in [3.63, 3.8) is 0 Å². The molecular formula is C18H22N2O3S. The zero-order chi connectivity index (χ0) is 17.7. The second-order valence-corrected chi connectivity index (χ2v) is 7.74. The van der Waals surface area contributed by atoms with Gasteiger partial charge >= 0.3 is 0 Å². The molecular weight excluding hydrogens is 324 g/mol. The fourth-order valence-electron chi connectivity index (χ4n) is 2.34. The van der Waals surface area contributed by atoms with Gasteiger partial charge in [-0.05, 0) is 36.6 Å². The number of rotatable bonds is 6. The summed E-state index contributed by atoms with van der Waals surface area (Å²) in [7, 11) is -1.89. The Kier molecular flexibility index (Phi) is 5.62. The second kappa shape index (κ2) is 7.49. The predicted octanol–water partition coefficient (Wildman–Crippen LogP) is 2.36. The van der Waals surface area contributed by atoms with Crippen molar-refractivity contribution < 1.29 is 13.2 Å². The fraction of sp³-hybridized carbons (Fsp3) is 0.278. The molecule has 24 heavy (non-hydrogen) atoms. The third kappa shape index (κ3) is 4.58. The number of carbonyl (C=O) groups excluding carboxylic acids is 1. The number of nitrogens with one attached hydrogen (secondary N) is 1. The molecule has 2 rings (SSSR count). The van der Waals surface area contributed by atoms with Gasteiger partial charge in [-0.3, -0.25) is 9.10 Å². The molecule has 2 aromatic rings. The van der Waals surface area contributed by atoms with Crippen molar-refractivity contribution in [1.29, 1.82) is 0 Å². The van der Waals surface area contributed by atoms with Gasteiger partial charge in [-0.2, -0.15) is 0 Å². The van der Waals surface area contributed by atoms with Gasteiger partial charge in [-0.1, -0.05) is 36.4 Å². The molecule has 0 saturated carbocycles. The second-order valence-electron chi connectivity index (χ2n) is 5.72. The van der Waals surface area contributed by atoms with Gasteiger partial charge < -0.3 is 5.32 Å². The van der Waals surface area contributed by atoms with Crippen LogP contribution in [0.3, 0.4) is 0 Å². The number of amides is 1. The Morgan fingerprint density at radius 3 is 2.42 bits per heavy atom. The highest BCUT2D eigenvalue weighted by Gasteiger charge is 2.16. The molecule has 6 heteroatoms. The lowest BCUT2D eigenvalue weighted by atomic mass is 10.1. The maximum absolute atomic E-state index is 12.3. The number of anilines is 1. The molecule has 0 aromatic heterocycles. The van der Waals surface area contributed by atoms with Crippen LogP contribution in [0.15, 0.2) is 48.5 Å². The number of benzene rings is 2.